The standard InChI is InChI=1S/C26H21ClF3N3/c27-21-9-6-19(7-10-21)16-33-17-23(22-11-8-20(15-31)14-24(22)33)25(26(28,29)30)32-13-12-18-4-2-1-3-5-18/h1-11,14,17,25,32H,12-13,16H2. The fraction of sp³-hybridized carbons (Fsp3) is 0.192. The number of nitriles is 1. The van der Waals surface area contributed by atoms with Crippen molar-refractivity contribution in [1.29, 1.82) is 5.26 Å². The van der Waals surface area contributed by atoms with Gasteiger partial charge in [-0.3, -0.25) is 0 Å². The summed E-state index contributed by atoms with van der Waals surface area (Å²) in [4.78, 5) is 0. The lowest BCUT2D eigenvalue weighted by molar-refractivity contribution is -0.157. The second kappa shape index (κ2) is 9.70. The largest absolute Gasteiger partial charge is 0.407 e. The van der Waals surface area contributed by atoms with Crippen molar-refractivity contribution >= 4 is 22.5 Å². The molecule has 0 bridgehead atoms. The molecular weight excluding hydrogens is 447 g/mol. The Morgan fingerprint density at radius 2 is 1.70 bits per heavy atom. The van der Waals surface area contributed by atoms with Crippen molar-refractivity contribution in [3.05, 3.63) is 106 Å². The van der Waals surface area contributed by atoms with Crippen LogP contribution in [0.2, 0.25) is 5.02 Å². The van der Waals surface area contributed by atoms with Crippen LogP contribution in [-0.4, -0.2) is 17.3 Å². The number of rotatable bonds is 7. The first-order chi connectivity index (χ1) is 15.8. The fourth-order valence-electron chi connectivity index (χ4n) is 3.94. The van der Waals surface area contributed by atoms with E-state index < -0.39 is 12.2 Å². The molecule has 168 valence electrons. The molecule has 1 unspecified atom stereocenters. The van der Waals surface area contributed by atoms with Gasteiger partial charge in [0.1, 0.15) is 6.04 Å². The zero-order chi connectivity index (χ0) is 23.4. The first-order valence-corrected chi connectivity index (χ1v) is 10.8. The van der Waals surface area contributed by atoms with Crippen molar-refractivity contribution in [3.63, 3.8) is 0 Å². The second-order valence-corrected chi connectivity index (χ2v) is 8.28. The molecule has 1 aromatic heterocycles. The topological polar surface area (TPSA) is 40.8 Å². The molecule has 1 N–H and O–H groups in total. The Balaban J connectivity index is 1.70. The summed E-state index contributed by atoms with van der Waals surface area (Å²) in [5.74, 6) is 0. The van der Waals surface area contributed by atoms with E-state index in [1.54, 1.807) is 34.9 Å². The molecule has 7 heteroatoms. The van der Waals surface area contributed by atoms with Crippen molar-refractivity contribution in [1.82, 2.24) is 9.88 Å². The summed E-state index contributed by atoms with van der Waals surface area (Å²) in [6.07, 6.45) is -2.46. The third kappa shape index (κ3) is 5.39. The maximum Gasteiger partial charge on any atom is 0.407 e. The molecular formula is C26H21ClF3N3. The van der Waals surface area contributed by atoms with Crippen molar-refractivity contribution < 1.29 is 13.2 Å². The van der Waals surface area contributed by atoms with E-state index in [-0.39, 0.29) is 12.1 Å². The van der Waals surface area contributed by atoms with Crippen molar-refractivity contribution in [2.45, 2.75) is 25.2 Å². The molecule has 1 atom stereocenters. The zero-order valence-electron chi connectivity index (χ0n) is 17.6. The number of hydrogen-bond acceptors (Lipinski definition) is 2. The molecule has 3 aromatic carbocycles. The first kappa shape index (κ1) is 22.9. The quantitative estimate of drug-likeness (QED) is 0.330. The Hall–Kier alpha value is -3.27. The molecule has 4 aromatic rings. The van der Waals surface area contributed by atoms with Gasteiger partial charge in [0.25, 0.3) is 0 Å². The van der Waals surface area contributed by atoms with E-state index in [9.17, 15) is 18.4 Å². The maximum atomic E-state index is 14.1. The number of fused-ring (bicyclic) bond motifs is 1. The summed E-state index contributed by atoms with van der Waals surface area (Å²) in [5, 5.41) is 13.1. The van der Waals surface area contributed by atoms with Gasteiger partial charge in [-0.2, -0.15) is 18.4 Å². The van der Waals surface area contributed by atoms with Gasteiger partial charge in [0, 0.05) is 40.8 Å². The van der Waals surface area contributed by atoms with Crippen LogP contribution in [0.1, 0.15) is 28.3 Å². The van der Waals surface area contributed by atoms with Crippen molar-refractivity contribution in [2.24, 2.45) is 0 Å². The normalized spacial score (nSPS) is 12.6. The third-order valence-electron chi connectivity index (χ3n) is 5.55. The van der Waals surface area contributed by atoms with Gasteiger partial charge in [0.2, 0.25) is 0 Å². The summed E-state index contributed by atoms with van der Waals surface area (Å²) >= 11 is 5.96. The number of hydrogen-bond donors (Lipinski definition) is 1. The molecule has 0 amide bonds. The zero-order valence-corrected chi connectivity index (χ0v) is 18.4. The summed E-state index contributed by atoms with van der Waals surface area (Å²) in [5.41, 5.74) is 2.98. The highest BCUT2D eigenvalue weighted by atomic mass is 35.5. The molecule has 33 heavy (non-hydrogen) atoms. The SMILES string of the molecule is N#Cc1ccc2c(C(NCCc3ccccc3)C(F)(F)F)cn(Cc3ccc(Cl)cc3)c2c1. The van der Waals surface area contributed by atoms with E-state index in [1.807, 2.05) is 42.5 Å². The molecule has 4 rings (SSSR count). The molecule has 3 nitrogen and oxygen atoms in total. The molecule has 0 saturated heterocycles. The average Bonchev–Trinajstić information content (AvgIpc) is 3.15. The predicted molar refractivity (Wildman–Crippen MR) is 124 cm³/mol. The lowest BCUT2D eigenvalue weighted by atomic mass is 10.0. The minimum absolute atomic E-state index is 0.143. The highest BCUT2D eigenvalue weighted by Gasteiger charge is 2.42. The van der Waals surface area contributed by atoms with Gasteiger partial charge >= 0.3 is 6.18 Å². The van der Waals surface area contributed by atoms with Crippen LogP contribution in [0.25, 0.3) is 10.9 Å². The molecule has 0 fully saturated rings. The van der Waals surface area contributed by atoms with E-state index in [0.717, 1.165) is 11.1 Å². The molecule has 0 saturated carbocycles. The van der Waals surface area contributed by atoms with Gasteiger partial charge in [0.05, 0.1) is 11.6 Å². The molecule has 0 aliphatic rings. The van der Waals surface area contributed by atoms with Crippen LogP contribution in [0.5, 0.6) is 0 Å². The Kier molecular flexibility index (Phi) is 6.73. The molecule has 1 heterocycles. The van der Waals surface area contributed by atoms with Gasteiger partial charge in [-0.15, -0.1) is 0 Å². The van der Waals surface area contributed by atoms with E-state index >= 15 is 0 Å². The Morgan fingerprint density at radius 1 is 0.970 bits per heavy atom. The summed E-state index contributed by atoms with van der Waals surface area (Å²) in [7, 11) is 0. The minimum Gasteiger partial charge on any atom is -0.343 e. The highest BCUT2D eigenvalue weighted by Crippen LogP contribution is 2.38. The smallest absolute Gasteiger partial charge is 0.343 e. The first-order valence-electron chi connectivity index (χ1n) is 10.5. The molecule has 0 spiro atoms. The summed E-state index contributed by atoms with van der Waals surface area (Å²) < 4.78 is 44.2. The highest BCUT2D eigenvalue weighted by molar-refractivity contribution is 6.30. The van der Waals surface area contributed by atoms with E-state index in [1.165, 1.54) is 6.20 Å². The lowest BCUT2D eigenvalue weighted by Gasteiger charge is -2.21. The number of nitrogens with zero attached hydrogens (tertiary/aromatic N) is 2. The Labute approximate surface area is 195 Å². The second-order valence-electron chi connectivity index (χ2n) is 7.85. The monoisotopic (exact) mass is 467 g/mol. The Bertz CT molecular complexity index is 1270. The van der Waals surface area contributed by atoms with Crippen LogP contribution < -0.4 is 5.32 Å². The van der Waals surface area contributed by atoms with Crippen LogP contribution in [0, 0.1) is 11.3 Å². The van der Waals surface area contributed by atoms with Crippen molar-refractivity contribution in [3.8, 4) is 6.07 Å². The summed E-state index contributed by atoms with van der Waals surface area (Å²) in [6.45, 7) is 0.533. The average molecular weight is 468 g/mol. The minimum atomic E-state index is -4.48. The van der Waals surface area contributed by atoms with Gasteiger partial charge in [-0.1, -0.05) is 60.1 Å². The fourth-order valence-corrected chi connectivity index (χ4v) is 4.07. The number of halogens is 4. The van der Waals surface area contributed by atoms with Gasteiger partial charge in [-0.25, -0.2) is 0 Å². The van der Waals surface area contributed by atoms with E-state index in [4.69, 9.17) is 11.6 Å². The molecule has 0 aliphatic heterocycles. The number of benzene rings is 3. The van der Waals surface area contributed by atoms with Gasteiger partial charge in [0.15, 0.2) is 0 Å². The predicted octanol–water partition coefficient (Wildman–Crippen LogP) is 6.65. The third-order valence-corrected chi connectivity index (χ3v) is 5.80. The lowest BCUT2D eigenvalue weighted by Crippen LogP contribution is -2.35. The van der Waals surface area contributed by atoms with Crippen LogP contribution >= 0.6 is 11.6 Å². The number of nitrogens with one attached hydrogen (secondary N) is 1. The van der Waals surface area contributed by atoms with E-state index in [0.29, 0.717) is 34.5 Å². The Morgan fingerprint density at radius 3 is 2.36 bits per heavy atom. The van der Waals surface area contributed by atoms with E-state index in [2.05, 4.69) is 11.4 Å². The molecule has 0 radical (unpaired) electrons. The molecule has 0 aliphatic carbocycles. The van der Waals surface area contributed by atoms with Gasteiger partial charge in [-0.05, 0) is 41.8 Å². The number of alkyl halides is 3. The van der Waals surface area contributed by atoms with Crippen LogP contribution in [0.3, 0.4) is 0 Å². The van der Waals surface area contributed by atoms with Crippen LogP contribution in [-0.2, 0) is 13.0 Å². The number of aromatic nitrogens is 1. The summed E-state index contributed by atoms with van der Waals surface area (Å²) in [6, 6.07) is 21.6. The maximum absolute atomic E-state index is 14.1. The van der Waals surface area contributed by atoms with Crippen LogP contribution in [0.4, 0.5) is 13.2 Å². The van der Waals surface area contributed by atoms with Crippen molar-refractivity contribution in [2.75, 3.05) is 6.54 Å². The van der Waals surface area contributed by atoms with Gasteiger partial charge < -0.3 is 9.88 Å². The van der Waals surface area contributed by atoms with Crippen LogP contribution in [0.15, 0.2) is 79.0 Å².